The van der Waals surface area contributed by atoms with Gasteiger partial charge >= 0.3 is 0 Å². The van der Waals surface area contributed by atoms with Crippen LogP contribution >= 0.6 is 0 Å². The first kappa shape index (κ1) is 13.1. The molecule has 0 radical (unpaired) electrons. The molecule has 0 unspecified atom stereocenters. The number of nitrogens with one attached hydrogen (secondary N) is 1. The van der Waals surface area contributed by atoms with E-state index in [9.17, 15) is 4.79 Å². The third-order valence-electron chi connectivity index (χ3n) is 3.97. The fraction of sp³-hybridized carbons (Fsp3) is 0.692. The molecule has 0 bridgehead atoms. The van der Waals surface area contributed by atoms with E-state index in [1.54, 1.807) is 6.20 Å². The second-order valence-corrected chi connectivity index (χ2v) is 5.29. The molecule has 0 saturated heterocycles. The second kappa shape index (κ2) is 5.52. The van der Waals surface area contributed by atoms with Gasteiger partial charge in [0.15, 0.2) is 0 Å². The quantitative estimate of drug-likeness (QED) is 0.776. The lowest BCUT2D eigenvalue weighted by atomic mass is 9.66. The number of hydrogen-bond acceptors (Lipinski definition) is 3. The predicted octanol–water partition coefficient (Wildman–Crippen LogP) is 0.598. The van der Waals surface area contributed by atoms with Crippen molar-refractivity contribution in [2.45, 2.75) is 32.1 Å². The van der Waals surface area contributed by atoms with Crippen molar-refractivity contribution in [1.29, 1.82) is 0 Å². The molecule has 2 rings (SSSR count). The van der Waals surface area contributed by atoms with Crippen molar-refractivity contribution in [1.82, 2.24) is 14.9 Å². The monoisotopic (exact) mass is 250 g/mol. The predicted molar refractivity (Wildman–Crippen MR) is 69.9 cm³/mol. The van der Waals surface area contributed by atoms with Gasteiger partial charge in [0.25, 0.3) is 0 Å². The van der Waals surface area contributed by atoms with Gasteiger partial charge in [0.2, 0.25) is 5.91 Å². The Kier molecular flexibility index (Phi) is 4.01. The van der Waals surface area contributed by atoms with Crippen LogP contribution in [0.1, 0.15) is 31.5 Å². The summed E-state index contributed by atoms with van der Waals surface area (Å²) in [5.41, 5.74) is 5.84. The van der Waals surface area contributed by atoms with Crippen LogP contribution in [0.3, 0.4) is 0 Å². The molecule has 1 aromatic rings. The number of carbonyl (C=O) groups excluding carboxylic acids is 1. The van der Waals surface area contributed by atoms with Crippen LogP contribution in [-0.2, 0) is 18.3 Å². The average molecular weight is 250 g/mol. The molecule has 1 saturated carbocycles. The normalized spacial score (nSPS) is 17.2. The maximum absolute atomic E-state index is 11.8. The molecule has 5 heteroatoms. The van der Waals surface area contributed by atoms with Gasteiger partial charge in [0.05, 0.1) is 0 Å². The van der Waals surface area contributed by atoms with E-state index in [4.69, 9.17) is 5.73 Å². The van der Waals surface area contributed by atoms with E-state index in [-0.39, 0.29) is 11.3 Å². The summed E-state index contributed by atoms with van der Waals surface area (Å²) in [4.78, 5) is 16.1. The zero-order chi connectivity index (χ0) is 13.0. The van der Waals surface area contributed by atoms with Gasteiger partial charge in [-0.3, -0.25) is 4.79 Å². The van der Waals surface area contributed by atoms with Crippen LogP contribution in [0, 0.1) is 5.41 Å². The van der Waals surface area contributed by atoms with Crippen LogP contribution in [0.15, 0.2) is 12.4 Å². The summed E-state index contributed by atoms with van der Waals surface area (Å²) in [7, 11) is 1.96. The molecule has 5 nitrogen and oxygen atoms in total. The van der Waals surface area contributed by atoms with Gasteiger partial charge in [-0.15, -0.1) is 0 Å². The van der Waals surface area contributed by atoms with Crippen molar-refractivity contribution in [2.24, 2.45) is 18.2 Å². The Hall–Kier alpha value is -1.36. The average Bonchev–Trinajstić information content (AvgIpc) is 2.70. The third-order valence-corrected chi connectivity index (χ3v) is 3.97. The molecule has 1 fully saturated rings. The molecule has 0 spiro atoms. The number of amides is 1. The van der Waals surface area contributed by atoms with Gasteiger partial charge < -0.3 is 15.6 Å². The fourth-order valence-corrected chi connectivity index (χ4v) is 2.48. The van der Waals surface area contributed by atoms with Crippen molar-refractivity contribution < 1.29 is 4.79 Å². The summed E-state index contributed by atoms with van der Waals surface area (Å²) in [6.45, 7) is 1.27. The van der Waals surface area contributed by atoms with Crippen LogP contribution in [-0.4, -0.2) is 28.5 Å². The Bertz CT molecular complexity index is 403. The van der Waals surface area contributed by atoms with Crippen LogP contribution in [0.5, 0.6) is 0 Å². The van der Waals surface area contributed by atoms with Crippen molar-refractivity contribution in [3.8, 4) is 0 Å². The molecular weight excluding hydrogens is 228 g/mol. The van der Waals surface area contributed by atoms with Crippen LogP contribution < -0.4 is 11.1 Å². The lowest BCUT2D eigenvalue weighted by Gasteiger charge is -2.40. The highest BCUT2D eigenvalue weighted by atomic mass is 16.1. The van der Waals surface area contributed by atoms with Gasteiger partial charge in [0, 0.05) is 38.8 Å². The van der Waals surface area contributed by atoms with Crippen LogP contribution in [0.2, 0.25) is 0 Å². The van der Waals surface area contributed by atoms with Crippen molar-refractivity contribution in [3.63, 3.8) is 0 Å². The molecule has 0 atom stereocenters. The molecule has 0 aliphatic heterocycles. The minimum absolute atomic E-state index is 0.0906. The van der Waals surface area contributed by atoms with Crippen LogP contribution in [0.25, 0.3) is 0 Å². The molecule has 18 heavy (non-hydrogen) atoms. The first-order chi connectivity index (χ1) is 8.65. The van der Waals surface area contributed by atoms with Crippen LogP contribution in [0.4, 0.5) is 0 Å². The number of imidazole rings is 1. The Morgan fingerprint density at radius 3 is 2.89 bits per heavy atom. The van der Waals surface area contributed by atoms with E-state index in [2.05, 4.69) is 10.3 Å². The first-order valence-electron chi connectivity index (χ1n) is 6.58. The second-order valence-electron chi connectivity index (χ2n) is 5.29. The Balaban J connectivity index is 1.70. The largest absolute Gasteiger partial charge is 0.356 e. The minimum Gasteiger partial charge on any atom is -0.356 e. The SMILES string of the molecule is Cn1ccnc1CCNC(=O)CC1(CN)CCC1. The van der Waals surface area contributed by atoms with Crippen molar-refractivity contribution >= 4 is 5.91 Å². The summed E-state index contributed by atoms with van der Waals surface area (Å²) in [5.74, 6) is 1.11. The van der Waals surface area contributed by atoms with E-state index in [1.165, 1.54) is 6.42 Å². The van der Waals surface area contributed by atoms with E-state index in [0.29, 0.717) is 19.5 Å². The summed E-state index contributed by atoms with van der Waals surface area (Å²) < 4.78 is 1.97. The van der Waals surface area contributed by atoms with E-state index < -0.39 is 0 Å². The lowest BCUT2D eigenvalue weighted by Crippen LogP contribution is -2.42. The third kappa shape index (κ3) is 2.90. The zero-order valence-electron chi connectivity index (χ0n) is 11.0. The van der Waals surface area contributed by atoms with E-state index in [1.807, 2.05) is 17.8 Å². The maximum Gasteiger partial charge on any atom is 0.220 e. The Labute approximate surface area is 108 Å². The maximum atomic E-state index is 11.8. The summed E-state index contributed by atoms with van der Waals surface area (Å²) in [6, 6.07) is 0. The molecular formula is C13H22N4O. The fourth-order valence-electron chi connectivity index (χ4n) is 2.48. The van der Waals surface area contributed by atoms with Gasteiger partial charge in [0.1, 0.15) is 5.82 Å². The molecule has 1 heterocycles. The van der Waals surface area contributed by atoms with E-state index >= 15 is 0 Å². The molecule has 1 amide bonds. The standard InChI is InChI=1S/C13H22N4O/c1-17-8-7-15-11(17)3-6-16-12(18)9-13(10-14)4-2-5-13/h7-8H,2-6,9-10,14H2,1H3,(H,16,18). The topological polar surface area (TPSA) is 72.9 Å². The molecule has 1 aliphatic carbocycles. The number of aromatic nitrogens is 2. The van der Waals surface area contributed by atoms with Gasteiger partial charge in [-0.1, -0.05) is 6.42 Å². The summed E-state index contributed by atoms with van der Waals surface area (Å²) in [5, 5.41) is 2.96. The minimum atomic E-state index is 0.0906. The summed E-state index contributed by atoms with van der Waals surface area (Å²) >= 11 is 0. The van der Waals surface area contributed by atoms with E-state index in [0.717, 1.165) is 25.1 Å². The Morgan fingerprint density at radius 1 is 1.61 bits per heavy atom. The molecule has 1 aromatic heterocycles. The number of aryl methyl sites for hydroxylation is 1. The van der Waals surface area contributed by atoms with Gasteiger partial charge in [-0.25, -0.2) is 4.98 Å². The molecule has 3 N–H and O–H groups in total. The van der Waals surface area contributed by atoms with Crippen molar-refractivity contribution in [3.05, 3.63) is 18.2 Å². The number of hydrogen-bond donors (Lipinski definition) is 2. The van der Waals surface area contributed by atoms with Gasteiger partial charge in [-0.2, -0.15) is 0 Å². The molecule has 100 valence electrons. The van der Waals surface area contributed by atoms with Gasteiger partial charge in [-0.05, 0) is 24.8 Å². The number of carbonyl (C=O) groups is 1. The lowest BCUT2D eigenvalue weighted by molar-refractivity contribution is -0.124. The number of nitrogens with zero attached hydrogens (tertiary/aromatic N) is 2. The molecule has 0 aromatic carbocycles. The zero-order valence-corrected chi connectivity index (χ0v) is 11.0. The number of nitrogens with two attached hydrogens (primary N) is 1. The highest BCUT2D eigenvalue weighted by Crippen LogP contribution is 2.42. The highest BCUT2D eigenvalue weighted by Gasteiger charge is 2.37. The number of rotatable bonds is 6. The van der Waals surface area contributed by atoms with Crippen molar-refractivity contribution in [2.75, 3.05) is 13.1 Å². The first-order valence-corrected chi connectivity index (χ1v) is 6.58. The smallest absolute Gasteiger partial charge is 0.220 e. The highest BCUT2D eigenvalue weighted by molar-refractivity contribution is 5.76. The Morgan fingerprint density at radius 2 is 2.39 bits per heavy atom. The molecule has 1 aliphatic rings. The summed E-state index contributed by atoms with van der Waals surface area (Å²) in [6.07, 6.45) is 8.42.